The van der Waals surface area contributed by atoms with Crippen molar-refractivity contribution in [3.05, 3.63) is 46.2 Å². The fourth-order valence-electron chi connectivity index (χ4n) is 2.60. The first kappa shape index (κ1) is 13.4. The second-order valence-electron chi connectivity index (χ2n) is 5.97. The second kappa shape index (κ2) is 4.77. The minimum atomic E-state index is -0.0242. The molecule has 0 unspecified atom stereocenters. The fraction of sp³-hybridized carbons (Fsp3) is 0.312. The van der Waals surface area contributed by atoms with E-state index < -0.39 is 0 Å². The number of hydrogen-bond donors (Lipinski definition) is 0. The van der Waals surface area contributed by atoms with Crippen LogP contribution in [0.1, 0.15) is 36.3 Å². The van der Waals surface area contributed by atoms with Crippen LogP contribution in [-0.4, -0.2) is 15.8 Å². The van der Waals surface area contributed by atoms with Gasteiger partial charge in [0, 0.05) is 22.7 Å². The number of carbonyl (C=O) groups is 1. The molecule has 102 valence electrons. The van der Waals surface area contributed by atoms with Crippen molar-refractivity contribution in [2.24, 2.45) is 5.41 Å². The van der Waals surface area contributed by atoms with Gasteiger partial charge in [0.1, 0.15) is 0 Å². The lowest BCUT2D eigenvalue weighted by Crippen LogP contribution is -2.28. The number of Topliss-reactive ketones (excluding diaryl/α,β-unsaturated/α-hetero) is 1. The number of aromatic nitrogens is 2. The van der Waals surface area contributed by atoms with E-state index in [2.05, 4.69) is 39.7 Å². The molecule has 2 aromatic rings. The molecule has 0 N–H and O–H groups in total. The van der Waals surface area contributed by atoms with Crippen molar-refractivity contribution in [3.8, 4) is 11.4 Å². The number of hydrogen-bond acceptors (Lipinski definition) is 3. The molecule has 0 atom stereocenters. The molecule has 0 bridgehead atoms. The molecule has 3 rings (SSSR count). The number of nitrogens with zero attached hydrogens (tertiary/aromatic N) is 2. The highest BCUT2D eigenvalue weighted by atomic mass is 79.9. The van der Waals surface area contributed by atoms with Crippen molar-refractivity contribution in [3.63, 3.8) is 0 Å². The quantitative estimate of drug-likeness (QED) is 0.791. The smallest absolute Gasteiger partial charge is 0.166 e. The number of carbonyl (C=O) groups excluding carboxylic acids is 1. The fourth-order valence-corrected chi connectivity index (χ4v) is 3.06. The van der Waals surface area contributed by atoms with Gasteiger partial charge in [0.2, 0.25) is 0 Å². The van der Waals surface area contributed by atoms with Crippen LogP contribution >= 0.6 is 15.9 Å². The number of rotatable bonds is 1. The minimum absolute atomic E-state index is 0.0242. The van der Waals surface area contributed by atoms with Crippen molar-refractivity contribution in [2.75, 3.05) is 0 Å². The van der Waals surface area contributed by atoms with E-state index in [1.807, 2.05) is 24.3 Å². The topological polar surface area (TPSA) is 42.9 Å². The van der Waals surface area contributed by atoms with Crippen LogP contribution in [0, 0.1) is 5.41 Å². The lowest BCUT2D eigenvalue weighted by Gasteiger charge is -2.29. The predicted octanol–water partition coefficient (Wildman–Crippen LogP) is 4.06. The highest BCUT2D eigenvalue weighted by Gasteiger charge is 2.32. The van der Waals surface area contributed by atoms with Gasteiger partial charge in [0.15, 0.2) is 11.6 Å². The summed E-state index contributed by atoms with van der Waals surface area (Å²) in [4.78, 5) is 21.1. The van der Waals surface area contributed by atoms with E-state index in [1.165, 1.54) is 0 Å². The van der Waals surface area contributed by atoms with Gasteiger partial charge in [-0.1, -0.05) is 48.0 Å². The molecule has 20 heavy (non-hydrogen) atoms. The molecule has 0 spiro atoms. The maximum Gasteiger partial charge on any atom is 0.166 e. The van der Waals surface area contributed by atoms with Gasteiger partial charge in [-0.3, -0.25) is 4.79 Å². The van der Waals surface area contributed by atoms with Crippen LogP contribution in [0.15, 0.2) is 34.9 Å². The van der Waals surface area contributed by atoms with E-state index in [4.69, 9.17) is 0 Å². The highest BCUT2D eigenvalue weighted by Crippen LogP contribution is 2.34. The van der Waals surface area contributed by atoms with Crippen molar-refractivity contribution >= 4 is 21.7 Å². The van der Waals surface area contributed by atoms with Gasteiger partial charge in [0.05, 0.1) is 11.3 Å². The average Bonchev–Trinajstić information content (AvgIpc) is 2.37. The van der Waals surface area contributed by atoms with Crippen LogP contribution in [0.2, 0.25) is 0 Å². The van der Waals surface area contributed by atoms with E-state index in [-0.39, 0.29) is 11.2 Å². The summed E-state index contributed by atoms with van der Waals surface area (Å²) in [5.41, 5.74) is 2.47. The van der Waals surface area contributed by atoms with Gasteiger partial charge in [-0.2, -0.15) is 0 Å². The van der Waals surface area contributed by atoms with E-state index in [0.717, 1.165) is 22.2 Å². The number of benzene rings is 1. The Morgan fingerprint density at radius 3 is 2.65 bits per heavy atom. The predicted molar refractivity (Wildman–Crippen MR) is 81.6 cm³/mol. The molecular formula is C16H15BrN2O. The monoisotopic (exact) mass is 330 g/mol. The summed E-state index contributed by atoms with van der Waals surface area (Å²) in [6.07, 6.45) is 3.06. The maximum absolute atomic E-state index is 12.1. The molecule has 1 aromatic carbocycles. The number of ketones is 1. The molecule has 0 saturated heterocycles. The summed E-state index contributed by atoms with van der Waals surface area (Å²) in [6, 6.07) is 7.85. The van der Waals surface area contributed by atoms with Crippen molar-refractivity contribution < 1.29 is 4.79 Å². The van der Waals surface area contributed by atoms with Gasteiger partial charge in [-0.25, -0.2) is 9.97 Å². The van der Waals surface area contributed by atoms with E-state index >= 15 is 0 Å². The van der Waals surface area contributed by atoms with Gasteiger partial charge < -0.3 is 0 Å². The van der Waals surface area contributed by atoms with E-state index in [0.29, 0.717) is 17.8 Å². The first-order chi connectivity index (χ1) is 9.46. The van der Waals surface area contributed by atoms with E-state index in [1.54, 1.807) is 6.20 Å². The third-order valence-electron chi connectivity index (χ3n) is 3.57. The molecule has 1 aliphatic carbocycles. The average molecular weight is 331 g/mol. The van der Waals surface area contributed by atoms with Crippen molar-refractivity contribution in [1.82, 2.24) is 9.97 Å². The largest absolute Gasteiger partial charge is 0.294 e. The first-order valence-corrected chi connectivity index (χ1v) is 7.40. The summed E-state index contributed by atoms with van der Waals surface area (Å²) < 4.78 is 0.960. The molecule has 0 amide bonds. The third kappa shape index (κ3) is 2.40. The zero-order valence-corrected chi connectivity index (χ0v) is 13.1. The summed E-state index contributed by atoms with van der Waals surface area (Å²) in [5.74, 6) is 0.816. The molecule has 3 nitrogen and oxygen atoms in total. The normalized spacial score (nSPS) is 16.9. The standard InChI is InChI=1S/C16H15BrN2O/c1-16(2)7-13-11(14(20)8-16)9-18-15(19-13)10-5-3-4-6-12(10)17/h3-6,9H,7-8H2,1-2H3. The summed E-state index contributed by atoms with van der Waals surface area (Å²) >= 11 is 3.52. The molecule has 1 aliphatic rings. The van der Waals surface area contributed by atoms with Crippen LogP contribution in [0.4, 0.5) is 0 Å². The van der Waals surface area contributed by atoms with Crippen LogP contribution in [0.25, 0.3) is 11.4 Å². The zero-order valence-electron chi connectivity index (χ0n) is 11.5. The summed E-state index contributed by atoms with van der Waals surface area (Å²) in [6.45, 7) is 4.21. The number of halogens is 1. The second-order valence-corrected chi connectivity index (χ2v) is 6.83. The molecule has 1 aromatic heterocycles. The van der Waals surface area contributed by atoms with Gasteiger partial charge in [0.25, 0.3) is 0 Å². The van der Waals surface area contributed by atoms with Crippen LogP contribution in [0.3, 0.4) is 0 Å². The lowest BCUT2D eigenvalue weighted by molar-refractivity contribution is 0.0910. The summed E-state index contributed by atoms with van der Waals surface area (Å²) in [7, 11) is 0. The molecule has 0 aliphatic heterocycles. The Morgan fingerprint density at radius 2 is 1.90 bits per heavy atom. The molecule has 0 fully saturated rings. The Bertz CT molecular complexity index is 695. The number of fused-ring (bicyclic) bond motifs is 1. The van der Waals surface area contributed by atoms with E-state index in [9.17, 15) is 4.79 Å². The zero-order chi connectivity index (χ0) is 14.3. The Kier molecular flexibility index (Phi) is 3.21. The Balaban J connectivity index is 2.10. The third-order valence-corrected chi connectivity index (χ3v) is 4.26. The maximum atomic E-state index is 12.1. The van der Waals surface area contributed by atoms with Crippen LogP contribution in [-0.2, 0) is 6.42 Å². The van der Waals surface area contributed by atoms with Crippen LogP contribution < -0.4 is 0 Å². The Hall–Kier alpha value is -1.55. The van der Waals surface area contributed by atoms with Gasteiger partial charge in [-0.15, -0.1) is 0 Å². The van der Waals surface area contributed by atoms with Crippen molar-refractivity contribution in [1.29, 1.82) is 0 Å². The molecule has 4 heteroatoms. The Labute approximate surface area is 126 Å². The van der Waals surface area contributed by atoms with Crippen LogP contribution in [0.5, 0.6) is 0 Å². The highest BCUT2D eigenvalue weighted by molar-refractivity contribution is 9.10. The summed E-state index contributed by atoms with van der Waals surface area (Å²) in [5, 5.41) is 0. The Morgan fingerprint density at radius 1 is 1.15 bits per heavy atom. The van der Waals surface area contributed by atoms with Gasteiger partial charge in [-0.05, 0) is 17.9 Å². The molecule has 0 radical (unpaired) electrons. The minimum Gasteiger partial charge on any atom is -0.294 e. The molecule has 0 saturated carbocycles. The van der Waals surface area contributed by atoms with Gasteiger partial charge >= 0.3 is 0 Å². The van der Waals surface area contributed by atoms with Crippen molar-refractivity contribution in [2.45, 2.75) is 26.7 Å². The first-order valence-electron chi connectivity index (χ1n) is 6.60. The SMILES string of the molecule is CC1(C)CC(=O)c2cnc(-c3ccccc3Br)nc2C1. The lowest BCUT2D eigenvalue weighted by atomic mass is 9.76. The molecular weight excluding hydrogens is 316 g/mol. The molecule has 1 heterocycles.